The van der Waals surface area contributed by atoms with Crippen LogP contribution in [0.4, 0.5) is 10.2 Å². The van der Waals surface area contributed by atoms with Crippen LogP contribution in [0.1, 0.15) is 36.5 Å². The lowest BCUT2D eigenvalue weighted by Gasteiger charge is -2.67. The Labute approximate surface area is 192 Å². The fourth-order valence-electron chi connectivity index (χ4n) is 5.65. The normalized spacial score (nSPS) is 20.8. The van der Waals surface area contributed by atoms with Crippen LogP contribution in [0, 0.1) is 25.1 Å². The van der Waals surface area contributed by atoms with Gasteiger partial charge < -0.3 is 9.80 Å². The van der Waals surface area contributed by atoms with Crippen LogP contribution in [-0.4, -0.2) is 57.7 Å². The number of hydrogen-bond donors (Lipinski definition) is 0. The van der Waals surface area contributed by atoms with Gasteiger partial charge in [-0.15, -0.1) is 0 Å². The molecule has 0 bridgehead atoms. The van der Waals surface area contributed by atoms with Gasteiger partial charge in [0.2, 0.25) is 11.8 Å². The van der Waals surface area contributed by atoms with Gasteiger partial charge in [-0.25, -0.2) is 9.37 Å². The second-order valence-electron chi connectivity index (χ2n) is 9.94. The highest BCUT2D eigenvalue weighted by atomic mass is 19.1. The third-order valence-corrected chi connectivity index (χ3v) is 7.26. The summed E-state index contributed by atoms with van der Waals surface area (Å²) in [7, 11) is 0. The number of aryl methyl sites for hydroxylation is 2. The van der Waals surface area contributed by atoms with Gasteiger partial charge in [-0.2, -0.15) is 0 Å². The molecule has 0 atom stereocenters. The van der Waals surface area contributed by atoms with Crippen LogP contribution in [0.15, 0.2) is 36.5 Å². The van der Waals surface area contributed by atoms with E-state index in [9.17, 15) is 18.8 Å². The van der Waals surface area contributed by atoms with E-state index in [0.29, 0.717) is 38.0 Å². The Morgan fingerprint density at radius 2 is 1.76 bits per heavy atom. The predicted octanol–water partition coefficient (Wildman–Crippen LogP) is 2.59. The molecule has 172 valence electrons. The number of nitrogens with zero attached hydrogens (tertiary/aromatic N) is 4. The number of amides is 3. The molecule has 2 aliphatic heterocycles. The van der Waals surface area contributed by atoms with Crippen molar-refractivity contribution >= 4 is 23.5 Å². The molecule has 1 saturated carbocycles. The van der Waals surface area contributed by atoms with E-state index in [2.05, 4.69) is 4.98 Å². The molecule has 1 aliphatic carbocycles. The predicted molar refractivity (Wildman–Crippen MR) is 120 cm³/mol. The van der Waals surface area contributed by atoms with Gasteiger partial charge in [0.25, 0.3) is 5.91 Å². The van der Waals surface area contributed by atoms with Crippen LogP contribution in [0.3, 0.4) is 0 Å². The topological polar surface area (TPSA) is 73.8 Å². The van der Waals surface area contributed by atoms with Crippen LogP contribution >= 0.6 is 0 Å². The molecule has 8 heteroatoms. The van der Waals surface area contributed by atoms with Crippen molar-refractivity contribution in [3.8, 4) is 0 Å². The number of aromatic nitrogens is 1. The van der Waals surface area contributed by atoms with E-state index in [1.807, 2.05) is 31.2 Å². The van der Waals surface area contributed by atoms with Gasteiger partial charge in [0, 0.05) is 38.2 Å². The first-order valence-electron chi connectivity index (χ1n) is 11.2. The number of piperazine rings is 1. The third kappa shape index (κ3) is 3.39. The second-order valence-corrected chi connectivity index (χ2v) is 9.94. The minimum Gasteiger partial charge on any atom is -0.342 e. The molecular weight excluding hydrogens is 423 g/mol. The van der Waals surface area contributed by atoms with E-state index in [4.69, 9.17) is 0 Å². The Balaban J connectivity index is 1.48. The van der Waals surface area contributed by atoms with E-state index in [-0.39, 0.29) is 35.5 Å². The van der Waals surface area contributed by atoms with Crippen molar-refractivity contribution in [1.29, 1.82) is 0 Å². The fraction of sp³-hybridized carbons (Fsp3) is 0.440. The number of pyridine rings is 1. The highest BCUT2D eigenvalue weighted by Crippen LogP contribution is 2.58. The molecule has 2 saturated heterocycles. The van der Waals surface area contributed by atoms with Crippen molar-refractivity contribution in [3.05, 3.63) is 59.0 Å². The van der Waals surface area contributed by atoms with E-state index in [1.165, 1.54) is 24.1 Å². The van der Waals surface area contributed by atoms with Crippen LogP contribution in [0.2, 0.25) is 0 Å². The van der Waals surface area contributed by atoms with Crippen LogP contribution < -0.4 is 4.90 Å². The highest BCUT2D eigenvalue weighted by Gasteiger charge is 2.69. The number of anilines is 1. The molecule has 3 heterocycles. The molecule has 0 N–H and O–H groups in total. The summed E-state index contributed by atoms with van der Waals surface area (Å²) < 4.78 is 14.7. The molecular formula is C25H27FN4O3. The number of hydrogen-bond acceptors (Lipinski definition) is 4. The second kappa shape index (κ2) is 7.37. The van der Waals surface area contributed by atoms with Crippen LogP contribution in [-0.2, 0) is 20.9 Å². The van der Waals surface area contributed by atoms with Crippen LogP contribution in [0.25, 0.3) is 0 Å². The minimum absolute atomic E-state index is 0.0108. The van der Waals surface area contributed by atoms with Crippen molar-refractivity contribution in [2.45, 2.75) is 45.7 Å². The maximum absolute atomic E-state index is 14.7. The monoisotopic (exact) mass is 450 g/mol. The summed E-state index contributed by atoms with van der Waals surface area (Å²) in [6, 6.07) is 9.21. The zero-order chi connectivity index (χ0) is 23.5. The maximum atomic E-state index is 14.7. The lowest BCUT2D eigenvalue weighted by atomic mass is 9.52. The number of halogens is 1. The van der Waals surface area contributed by atoms with Gasteiger partial charge in [0.1, 0.15) is 12.1 Å². The Morgan fingerprint density at radius 3 is 2.36 bits per heavy atom. The van der Waals surface area contributed by atoms with Gasteiger partial charge in [0.05, 0.1) is 0 Å². The molecule has 3 amide bonds. The standard InChI is InChI=1S/C25H27FN4O3/c1-16-4-6-19(7-5-16)10-30-21(32)11-29(22-20(26)8-17(2)9-27-22)23(33)25(30)12-24(13-25)14-28(15-24)18(3)31/h4-9H,10-15H2,1-3H3. The molecule has 0 radical (unpaired) electrons. The van der Waals surface area contributed by atoms with Gasteiger partial charge in [0.15, 0.2) is 11.6 Å². The number of benzene rings is 1. The average molecular weight is 451 g/mol. The quantitative estimate of drug-likeness (QED) is 0.721. The highest BCUT2D eigenvalue weighted by molar-refractivity contribution is 6.09. The Kier molecular flexibility index (Phi) is 4.81. The van der Waals surface area contributed by atoms with Crippen molar-refractivity contribution < 1.29 is 18.8 Å². The Hall–Kier alpha value is -3.29. The Morgan fingerprint density at radius 1 is 1.09 bits per heavy atom. The largest absolute Gasteiger partial charge is 0.342 e. The molecule has 7 nitrogen and oxygen atoms in total. The van der Waals surface area contributed by atoms with Crippen LogP contribution in [0.5, 0.6) is 0 Å². The number of rotatable bonds is 3. The SMILES string of the molecule is CC(=O)N1CC2(C1)CC1(C2)C(=O)N(c2ncc(C)cc2F)CC(=O)N1Cc1ccc(C)cc1. The first kappa shape index (κ1) is 21.6. The summed E-state index contributed by atoms with van der Waals surface area (Å²) in [4.78, 5) is 47.7. The van der Waals surface area contributed by atoms with Crippen molar-refractivity contribution in [3.63, 3.8) is 0 Å². The zero-order valence-electron chi connectivity index (χ0n) is 19.1. The molecule has 33 heavy (non-hydrogen) atoms. The number of likely N-dealkylation sites (tertiary alicyclic amines) is 1. The summed E-state index contributed by atoms with van der Waals surface area (Å²) in [6.45, 7) is 6.49. The van der Waals surface area contributed by atoms with Crippen molar-refractivity contribution in [1.82, 2.24) is 14.8 Å². The lowest BCUT2D eigenvalue weighted by Crippen LogP contribution is -2.80. The molecule has 3 fully saturated rings. The Bertz CT molecular complexity index is 1150. The van der Waals surface area contributed by atoms with E-state index >= 15 is 0 Å². The van der Waals surface area contributed by atoms with E-state index in [1.54, 1.807) is 16.7 Å². The molecule has 1 aromatic carbocycles. The van der Waals surface area contributed by atoms with Gasteiger partial charge in [-0.05, 0) is 43.9 Å². The summed E-state index contributed by atoms with van der Waals surface area (Å²) in [5.41, 5.74) is 1.47. The smallest absolute Gasteiger partial charge is 0.254 e. The first-order valence-corrected chi connectivity index (χ1v) is 11.2. The molecule has 3 aliphatic rings. The number of carbonyl (C=O) groups excluding carboxylic acids is 3. The van der Waals surface area contributed by atoms with Gasteiger partial charge in [-0.3, -0.25) is 19.3 Å². The zero-order valence-corrected chi connectivity index (χ0v) is 19.1. The first-order chi connectivity index (χ1) is 15.6. The van der Waals surface area contributed by atoms with E-state index in [0.717, 1.165) is 11.1 Å². The molecule has 1 aromatic heterocycles. The fourth-order valence-corrected chi connectivity index (χ4v) is 5.65. The molecule has 0 unspecified atom stereocenters. The maximum Gasteiger partial charge on any atom is 0.254 e. The third-order valence-electron chi connectivity index (χ3n) is 7.26. The van der Waals surface area contributed by atoms with Gasteiger partial charge >= 0.3 is 0 Å². The van der Waals surface area contributed by atoms with Gasteiger partial charge in [-0.1, -0.05) is 29.8 Å². The summed E-state index contributed by atoms with van der Waals surface area (Å²) in [6.07, 6.45) is 2.43. The van der Waals surface area contributed by atoms with Crippen molar-refractivity contribution in [2.75, 3.05) is 24.5 Å². The number of carbonyl (C=O) groups is 3. The lowest BCUT2D eigenvalue weighted by molar-refractivity contribution is -0.191. The molecule has 2 aromatic rings. The molecule has 2 spiro atoms. The minimum atomic E-state index is -1.05. The van der Waals surface area contributed by atoms with Crippen molar-refractivity contribution in [2.24, 2.45) is 5.41 Å². The molecule has 5 rings (SSSR count). The summed E-state index contributed by atoms with van der Waals surface area (Å²) >= 11 is 0. The van der Waals surface area contributed by atoms with E-state index < -0.39 is 11.4 Å². The summed E-state index contributed by atoms with van der Waals surface area (Å²) in [5, 5.41) is 0. The average Bonchev–Trinajstić information content (AvgIpc) is 2.69. The summed E-state index contributed by atoms with van der Waals surface area (Å²) in [5.74, 6) is -1.23.